The summed E-state index contributed by atoms with van der Waals surface area (Å²) in [6.45, 7) is 4.72. The zero-order valence-electron chi connectivity index (χ0n) is 31.7. The minimum absolute atomic E-state index is 0.0758. The fourth-order valence-corrected chi connectivity index (χ4v) is 12.7. The average molecular weight is 706 g/mol. The third kappa shape index (κ3) is 3.93. The van der Waals surface area contributed by atoms with Gasteiger partial charge in [-0.3, -0.25) is 9.59 Å². The van der Waals surface area contributed by atoms with E-state index < -0.39 is 0 Å². The van der Waals surface area contributed by atoms with Gasteiger partial charge in [0.15, 0.2) is 11.6 Å². The monoisotopic (exact) mass is 705 g/mol. The maximum atomic E-state index is 14.5. The molecule has 5 aliphatic rings. The Hall–Kier alpha value is -4.76. The lowest BCUT2D eigenvalue weighted by atomic mass is 9.77. The number of Topliss-reactive ketones (excluding diaryl/α,β-unsaturated/α-hetero) is 2. The van der Waals surface area contributed by atoms with Crippen LogP contribution in [0.15, 0.2) is 78.9 Å². The molecule has 3 nitrogen and oxygen atoms in total. The molecule has 0 saturated heterocycles. The van der Waals surface area contributed by atoms with Crippen LogP contribution in [0.1, 0.15) is 134 Å². The molecule has 54 heavy (non-hydrogen) atoms. The van der Waals surface area contributed by atoms with E-state index in [4.69, 9.17) is 0 Å². The molecule has 5 aromatic carbocycles. The van der Waals surface area contributed by atoms with Crippen molar-refractivity contribution in [3.8, 4) is 22.3 Å². The molecule has 0 bridgehead atoms. The zero-order valence-corrected chi connectivity index (χ0v) is 31.7. The maximum absolute atomic E-state index is 14.5. The lowest BCUT2D eigenvalue weighted by Gasteiger charge is -2.25. The van der Waals surface area contributed by atoms with Gasteiger partial charge >= 0.3 is 0 Å². The Morgan fingerprint density at radius 2 is 1.00 bits per heavy atom. The van der Waals surface area contributed by atoms with Crippen molar-refractivity contribution in [2.24, 2.45) is 10.8 Å². The number of benzene rings is 5. The molecule has 0 atom stereocenters. The number of aromatic nitrogens is 1. The van der Waals surface area contributed by atoms with Crippen molar-refractivity contribution in [2.45, 2.75) is 109 Å². The number of hydrogen-bond donors (Lipinski definition) is 0. The van der Waals surface area contributed by atoms with Crippen molar-refractivity contribution in [1.82, 2.24) is 4.40 Å². The summed E-state index contributed by atoms with van der Waals surface area (Å²) in [5, 5.41) is 4.97. The maximum Gasteiger partial charge on any atom is 0.169 e. The van der Waals surface area contributed by atoms with Gasteiger partial charge in [-0.1, -0.05) is 108 Å². The summed E-state index contributed by atoms with van der Waals surface area (Å²) in [6.07, 6.45) is 15.3. The SMILES string of the molecule is CC1(C)c2ccccc2-c2c(-c3cc4c5cc6c(cc5n5c7cc8c(cc7c(c3)c45)CC3(CCCCCC3)C8=O)C(=O)C3(CCCCCC3)C6)cccc21. The van der Waals surface area contributed by atoms with Gasteiger partial charge in [-0.05, 0) is 119 Å². The highest BCUT2D eigenvalue weighted by Crippen LogP contribution is 2.55. The van der Waals surface area contributed by atoms with Gasteiger partial charge in [0.1, 0.15) is 0 Å². The summed E-state index contributed by atoms with van der Waals surface area (Å²) in [7, 11) is 0. The number of carbonyl (C=O) groups is 2. The second-order valence-corrected chi connectivity index (χ2v) is 18.6. The minimum atomic E-state index is -0.238. The Morgan fingerprint density at radius 3 is 1.56 bits per heavy atom. The van der Waals surface area contributed by atoms with Crippen molar-refractivity contribution in [3.63, 3.8) is 0 Å². The van der Waals surface area contributed by atoms with Gasteiger partial charge in [-0.2, -0.15) is 0 Å². The van der Waals surface area contributed by atoms with Crippen molar-refractivity contribution in [1.29, 1.82) is 0 Å². The highest BCUT2D eigenvalue weighted by atomic mass is 16.1. The van der Waals surface area contributed by atoms with Crippen LogP contribution in [0.4, 0.5) is 0 Å². The van der Waals surface area contributed by atoms with Gasteiger partial charge in [-0.15, -0.1) is 0 Å². The topological polar surface area (TPSA) is 38.5 Å². The van der Waals surface area contributed by atoms with E-state index in [0.29, 0.717) is 11.6 Å². The van der Waals surface area contributed by atoms with E-state index in [1.807, 2.05) is 0 Å². The second kappa shape index (κ2) is 10.7. The van der Waals surface area contributed by atoms with Crippen LogP contribution in [0.25, 0.3) is 60.3 Å². The van der Waals surface area contributed by atoms with Crippen LogP contribution >= 0.6 is 0 Å². The van der Waals surface area contributed by atoms with Crippen molar-refractivity contribution >= 4 is 49.7 Å². The van der Waals surface area contributed by atoms with E-state index in [1.54, 1.807) is 0 Å². The van der Waals surface area contributed by atoms with Crippen LogP contribution in [0, 0.1) is 10.8 Å². The zero-order chi connectivity index (χ0) is 36.1. The number of carbonyl (C=O) groups excluding carboxylic acids is 2. The molecule has 3 heteroatoms. The van der Waals surface area contributed by atoms with E-state index in [1.165, 1.54) is 97.3 Å². The van der Waals surface area contributed by atoms with E-state index in [2.05, 4.69) is 97.1 Å². The largest absolute Gasteiger partial charge is 0.308 e. The predicted octanol–water partition coefficient (Wildman–Crippen LogP) is 13.0. The number of fused-ring (bicyclic) bond motifs is 11. The first-order chi connectivity index (χ1) is 26.3. The second-order valence-electron chi connectivity index (χ2n) is 18.6. The van der Waals surface area contributed by atoms with Crippen LogP contribution in [-0.2, 0) is 18.3 Å². The molecule has 268 valence electrons. The smallest absolute Gasteiger partial charge is 0.169 e. The minimum Gasteiger partial charge on any atom is -0.308 e. The Balaban J connectivity index is 1.15. The normalized spacial score (nSPS) is 21.0. The standard InChI is InChI=1S/C51H47NO2/c1-49(2)41-16-8-7-14-34(41)45-33(15-13-17-42(45)49)30-22-39-37-24-31-28-50(18-9-3-4-10-19-50)47(53)35(31)26-43(37)52-44-27-36-32(25-38(44)40(23-30)46(39)52)29-51(48(36)54)20-11-5-6-12-21-51/h7-8,13-17,22-27H,3-6,9-12,18-21,28-29H2,1-2H3. The van der Waals surface area contributed by atoms with Crippen LogP contribution < -0.4 is 0 Å². The molecule has 2 saturated carbocycles. The first-order valence-electron chi connectivity index (χ1n) is 20.9. The number of hydrogen-bond acceptors (Lipinski definition) is 2. The van der Waals surface area contributed by atoms with Crippen molar-refractivity contribution in [3.05, 3.63) is 112 Å². The van der Waals surface area contributed by atoms with E-state index >= 15 is 0 Å². The van der Waals surface area contributed by atoms with Crippen molar-refractivity contribution in [2.75, 3.05) is 0 Å². The van der Waals surface area contributed by atoms with Crippen LogP contribution in [-0.4, -0.2) is 16.0 Å². The molecule has 0 radical (unpaired) electrons. The highest BCUT2D eigenvalue weighted by Gasteiger charge is 2.47. The van der Waals surface area contributed by atoms with Gasteiger partial charge in [0.05, 0.1) is 16.6 Å². The molecule has 0 aliphatic heterocycles. The molecule has 2 fully saturated rings. The Bertz CT molecular complexity index is 2660. The number of rotatable bonds is 1. The molecular formula is C51H47NO2. The highest BCUT2D eigenvalue weighted by molar-refractivity contribution is 6.26. The molecular weight excluding hydrogens is 659 g/mol. The van der Waals surface area contributed by atoms with Gasteiger partial charge in [0.25, 0.3) is 0 Å². The van der Waals surface area contributed by atoms with Crippen LogP contribution in [0.3, 0.4) is 0 Å². The van der Waals surface area contributed by atoms with Gasteiger partial charge < -0.3 is 4.40 Å². The van der Waals surface area contributed by atoms with Crippen LogP contribution in [0.5, 0.6) is 0 Å². The summed E-state index contributed by atoms with van der Waals surface area (Å²) in [6, 6.07) is 30.0. The number of nitrogens with zero attached hydrogens (tertiary/aromatic N) is 1. The Morgan fingerprint density at radius 1 is 0.500 bits per heavy atom. The third-order valence-electron chi connectivity index (χ3n) is 15.4. The predicted molar refractivity (Wildman–Crippen MR) is 220 cm³/mol. The summed E-state index contributed by atoms with van der Waals surface area (Å²) in [4.78, 5) is 29.0. The van der Waals surface area contributed by atoms with E-state index in [9.17, 15) is 9.59 Å². The third-order valence-corrected chi connectivity index (χ3v) is 15.4. The fourth-order valence-electron chi connectivity index (χ4n) is 12.7. The molecule has 2 aromatic heterocycles. The molecule has 12 rings (SSSR count). The molecule has 0 unspecified atom stereocenters. The van der Waals surface area contributed by atoms with Gasteiger partial charge in [0, 0.05) is 48.9 Å². The Labute approximate surface area is 317 Å². The summed E-state index contributed by atoms with van der Waals surface area (Å²) < 4.78 is 2.43. The number of ketones is 2. The summed E-state index contributed by atoms with van der Waals surface area (Å²) in [5.41, 5.74) is 15.2. The lowest BCUT2D eigenvalue weighted by molar-refractivity contribution is 0.0786. The van der Waals surface area contributed by atoms with E-state index in [0.717, 1.165) is 86.4 Å². The van der Waals surface area contributed by atoms with E-state index in [-0.39, 0.29) is 16.2 Å². The molecule has 2 heterocycles. The molecule has 5 aliphatic carbocycles. The summed E-state index contributed by atoms with van der Waals surface area (Å²) in [5.74, 6) is 0.748. The molecule has 7 aromatic rings. The lowest BCUT2D eigenvalue weighted by Crippen LogP contribution is -2.27. The van der Waals surface area contributed by atoms with Gasteiger partial charge in [-0.25, -0.2) is 0 Å². The molecule has 2 spiro atoms. The van der Waals surface area contributed by atoms with Crippen LogP contribution in [0.2, 0.25) is 0 Å². The quantitative estimate of drug-likeness (QED) is 0.171. The van der Waals surface area contributed by atoms with Crippen molar-refractivity contribution < 1.29 is 9.59 Å². The molecule has 0 N–H and O–H groups in total. The first kappa shape index (κ1) is 31.6. The first-order valence-corrected chi connectivity index (χ1v) is 20.9. The fraction of sp³-hybridized carbons (Fsp3) is 0.373. The summed E-state index contributed by atoms with van der Waals surface area (Å²) >= 11 is 0. The Kier molecular flexibility index (Phi) is 6.26. The van der Waals surface area contributed by atoms with Gasteiger partial charge in [0.2, 0.25) is 0 Å². The molecule has 0 amide bonds. The average Bonchev–Trinajstić information content (AvgIpc) is 3.76.